The van der Waals surface area contributed by atoms with Crippen LogP contribution in [0.2, 0.25) is 0 Å². The zero-order valence-electron chi connectivity index (χ0n) is 10.7. The molecule has 0 bridgehead atoms. The second kappa shape index (κ2) is 7.44. The van der Waals surface area contributed by atoms with Crippen molar-refractivity contribution >= 4 is 12.4 Å². The topological polar surface area (TPSA) is 32.1 Å². The largest absolute Gasteiger partial charge is 0.296 e. The first-order valence-corrected chi connectivity index (χ1v) is 5.73. The summed E-state index contributed by atoms with van der Waals surface area (Å²) < 4.78 is 4.26. The molecule has 1 heterocycles. The van der Waals surface area contributed by atoms with Gasteiger partial charge in [-0.25, -0.2) is 9.14 Å². The van der Waals surface area contributed by atoms with Gasteiger partial charge in [0.1, 0.15) is 19.0 Å². The summed E-state index contributed by atoms with van der Waals surface area (Å²) in [7, 11) is 1.76. The predicted molar refractivity (Wildman–Crippen MR) is 69.6 cm³/mol. The number of aliphatic imine (C=N–C) groups is 1. The molecule has 0 aliphatic heterocycles. The Morgan fingerprint density at radius 1 is 1.53 bits per heavy atom. The molecule has 0 atom stereocenters. The summed E-state index contributed by atoms with van der Waals surface area (Å²) in [4.78, 5) is 8.16. The van der Waals surface area contributed by atoms with Crippen LogP contribution >= 0.6 is 0 Å². The standard InChI is InChI=1S/C13H20N4/c1-4-16(9-5-7-14-3)11-12-17-10-6-8-15-13(17)2/h4-10H,11-12H2,1-3H3/q+2/b9-5-,14-7?,16-4?. The number of allylic oxidation sites excluding steroid dienone is 1. The Morgan fingerprint density at radius 2 is 2.35 bits per heavy atom. The second-order valence-electron chi connectivity index (χ2n) is 3.61. The van der Waals surface area contributed by atoms with Gasteiger partial charge in [0.25, 0.3) is 5.82 Å². The molecule has 0 radical (unpaired) electrons. The van der Waals surface area contributed by atoms with Crippen LogP contribution in [0.1, 0.15) is 12.7 Å². The van der Waals surface area contributed by atoms with Crippen LogP contribution in [0.25, 0.3) is 0 Å². The van der Waals surface area contributed by atoms with E-state index in [1.165, 1.54) is 0 Å². The van der Waals surface area contributed by atoms with Crippen molar-refractivity contribution in [2.75, 3.05) is 13.6 Å². The average Bonchev–Trinajstić information content (AvgIpc) is 2.35. The highest BCUT2D eigenvalue weighted by atomic mass is 15.1. The molecule has 1 aromatic rings. The molecule has 0 saturated heterocycles. The van der Waals surface area contributed by atoms with Crippen LogP contribution in [0, 0.1) is 6.92 Å². The molecule has 0 fully saturated rings. The molecule has 4 heteroatoms. The Kier molecular flexibility index (Phi) is 5.79. The van der Waals surface area contributed by atoms with Crippen LogP contribution in [-0.4, -0.2) is 35.6 Å². The van der Waals surface area contributed by atoms with Crippen LogP contribution in [-0.2, 0) is 6.54 Å². The van der Waals surface area contributed by atoms with E-state index < -0.39 is 0 Å². The summed E-state index contributed by atoms with van der Waals surface area (Å²) in [6, 6.07) is 1.95. The molecule has 1 aromatic heterocycles. The van der Waals surface area contributed by atoms with Gasteiger partial charge in [0.15, 0.2) is 12.7 Å². The number of nitrogens with zero attached hydrogens (tertiary/aromatic N) is 4. The Hall–Kier alpha value is -1.84. The third kappa shape index (κ3) is 4.68. The first kappa shape index (κ1) is 13.2. The lowest BCUT2D eigenvalue weighted by Crippen LogP contribution is -2.40. The molecule has 4 nitrogen and oxygen atoms in total. The van der Waals surface area contributed by atoms with Gasteiger partial charge < -0.3 is 0 Å². The van der Waals surface area contributed by atoms with E-state index in [4.69, 9.17) is 0 Å². The molecule has 0 aliphatic rings. The third-order valence-corrected chi connectivity index (χ3v) is 2.47. The first-order chi connectivity index (χ1) is 8.27. The molecule has 0 amide bonds. The zero-order valence-corrected chi connectivity index (χ0v) is 10.7. The van der Waals surface area contributed by atoms with Crippen molar-refractivity contribution in [3.63, 3.8) is 0 Å². The molecule has 17 heavy (non-hydrogen) atoms. The smallest absolute Gasteiger partial charge is 0.295 e. The normalized spacial score (nSPS) is 12.8. The average molecular weight is 232 g/mol. The highest BCUT2D eigenvalue weighted by Gasteiger charge is 2.07. The highest BCUT2D eigenvalue weighted by molar-refractivity contribution is 5.70. The van der Waals surface area contributed by atoms with E-state index in [1.807, 2.05) is 50.8 Å². The van der Waals surface area contributed by atoms with Gasteiger partial charge in [-0.1, -0.05) is 4.98 Å². The minimum absolute atomic E-state index is 0.914. The van der Waals surface area contributed by atoms with E-state index in [0.29, 0.717) is 0 Å². The quantitative estimate of drug-likeness (QED) is 0.550. The highest BCUT2D eigenvalue weighted by Crippen LogP contribution is 1.83. The van der Waals surface area contributed by atoms with E-state index >= 15 is 0 Å². The minimum atomic E-state index is 0.914. The number of hydrogen-bond acceptors (Lipinski definition) is 2. The van der Waals surface area contributed by atoms with Gasteiger partial charge in [0.2, 0.25) is 0 Å². The lowest BCUT2D eigenvalue weighted by molar-refractivity contribution is -0.723. The molecule has 0 N–H and O–H groups in total. The third-order valence-electron chi connectivity index (χ3n) is 2.47. The Labute approximate surface area is 103 Å². The summed E-state index contributed by atoms with van der Waals surface area (Å²) in [5.74, 6) is 1.03. The first-order valence-electron chi connectivity index (χ1n) is 5.73. The molecule has 90 valence electrons. The molecular weight excluding hydrogens is 212 g/mol. The number of hydrogen-bond donors (Lipinski definition) is 0. The van der Waals surface area contributed by atoms with Crippen molar-refractivity contribution in [2.45, 2.75) is 20.4 Å². The Morgan fingerprint density at radius 3 is 3.00 bits per heavy atom. The van der Waals surface area contributed by atoms with E-state index in [9.17, 15) is 0 Å². The van der Waals surface area contributed by atoms with Crippen LogP contribution < -0.4 is 4.57 Å². The van der Waals surface area contributed by atoms with Gasteiger partial charge in [0.05, 0.1) is 6.20 Å². The Balaban J connectivity index is 2.57. The zero-order chi connectivity index (χ0) is 12.5. The molecule has 0 aliphatic carbocycles. The number of rotatable bonds is 5. The van der Waals surface area contributed by atoms with E-state index in [2.05, 4.69) is 19.1 Å². The summed E-state index contributed by atoms with van der Waals surface area (Å²) in [6.07, 6.45) is 11.6. The van der Waals surface area contributed by atoms with Crippen LogP contribution in [0.15, 0.2) is 35.7 Å². The van der Waals surface area contributed by atoms with Gasteiger partial charge in [-0.15, -0.1) is 0 Å². The van der Waals surface area contributed by atoms with E-state index in [1.54, 1.807) is 13.3 Å². The van der Waals surface area contributed by atoms with Crippen LogP contribution in [0.5, 0.6) is 0 Å². The maximum absolute atomic E-state index is 4.25. The van der Waals surface area contributed by atoms with Crippen molar-refractivity contribution in [3.05, 3.63) is 36.6 Å². The predicted octanol–water partition coefficient (Wildman–Crippen LogP) is 0.995. The molecule has 0 aromatic carbocycles. The lowest BCUT2D eigenvalue weighted by atomic mass is 10.5. The van der Waals surface area contributed by atoms with Gasteiger partial charge in [-0.3, -0.25) is 4.99 Å². The number of aryl methyl sites for hydroxylation is 1. The van der Waals surface area contributed by atoms with Gasteiger partial charge in [-0.2, -0.15) is 0 Å². The van der Waals surface area contributed by atoms with Crippen LogP contribution in [0.3, 0.4) is 0 Å². The second-order valence-corrected chi connectivity index (χ2v) is 3.61. The van der Waals surface area contributed by atoms with E-state index in [-0.39, 0.29) is 0 Å². The lowest BCUT2D eigenvalue weighted by Gasteiger charge is -1.99. The van der Waals surface area contributed by atoms with Crippen molar-refractivity contribution in [1.82, 2.24) is 4.98 Å². The Bertz CT molecular complexity index is 433. The van der Waals surface area contributed by atoms with Crippen molar-refractivity contribution in [3.8, 4) is 0 Å². The van der Waals surface area contributed by atoms with Gasteiger partial charge in [0, 0.05) is 39.3 Å². The van der Waals surface area contributed by atoms with Crippen molar-refractivity contribution < 1.29 is 9.14 Å². The summed E-state index contributed by atoms with van der Waals surface area (Å²) in [5, 5.41) is 0. The fourth-order valence-electron chi connectivity index (χ4n) is 1.46. The molecule has 0 spiro atoms. The molecule has 0 unspecified atom stereocenters. The fraction of sp³-hybridized carbons (Fsp3) is 0.385. The van der Waals surface area contributed by atoms with Crippen LogP contribution in [0.4, 0.5) is 0 Å². The van der Waals surface area contributed by atoms with Gasteiger partial charge in [-0.05, 0) is 0 Å². The summed E-state index contributed by atoms with van der Waals surface area (Å²) in [5.41, 5.74) is 0. The van der Waals surface area contributed by atoms with Crippen molar-refractivity contribution in [1.29, 1.82) is 0 Å². The van der Waals surface area contributed by atoms with Crippen molar-refractivity contribution in [2.24, 2.45) is 4.99 Å². The summed E-state index contributed by atoms with van der Waals surface area (Å²) in [6.45, 7) is 5.87. The maximum atomic E-state index is 4.25. The molecule has 1 rings (SSSR count). The van der Waals surface area contributed by atoms with Gasteiger partial charge >= 0.3 is 0 Å². The SMILES string of the molecule is CC=[N+](/C=C\C=NC)CC[n+]1cccnc1C. The fourth-order valence-corrected chi connectivity index (χ4v) is 1.46. The summed E-state index contributed by atoms with van der Waals surface area (Å²) >= 11 is 0. The monoisotopic (exact) mass is 232 g/mol. The molecular formula is C13H20N4+2. The maximum Gasteiger partial charge on any atom is 0.295 e. The number of aromatic nitrogens is 2. The minimum Gasteiger partial charge on any atom is -0.296 e. The molecule has 0 saturated carbocycles. The van der Waals surface area contributed by atoms with E-state index in [0.717, 1.165) is 18.9 Å².